The molecule has 0 fully saturated rings. The van der Waals surface area contributed by atoms with Gasteiger partial charge in [0.1, 0.15) is 0 Å². The summed E-state index contributed by atoms with van der Waals surface area (Å²) in [6.07, 6.45) is 1.36. The number of carbonyl (C=O) groups is 1. The zero-order valence-corrected chi connectivity index (χ0v) is 9.78. The minimum atomic E-state index is -1.21. The van der Waals surface area contributed by atoms with Crippen LogP contribution in [0.3, 0.4) is 0 Å². The highest BCUT2D eigenvalue weighted by Gasteiger charge is 2.15. The zero-order chi connectivity index (χ0) is 12.6. The standard InChI is InChI=1S/C10H5BrF2N2O2/c11-6-4-15(14-9(6)10(16)17)5-1-2-7(12)8(13)3-5/h1-4H,(H,16,17). The summed E-state index contributed by atoms with van der Waals surface area (Å²) < 4.78 is 27.1. The van der Waals surface area contributed by atoms with Crippen LogP contribution in [0.25, 0.3) is 5.69 Å². The number of aromatic nitrogens is 2. The lowest BCUT2D eigenvalue weighted by Crippen LogP contribution is -2.01. The molecule has 0 radical (unpaired) electrons. The molecule has 1 N–H and O–H groups in total. The first-order chi connectivity index (χ1) is 7.99. The van der Waals surface area contributed by atoms with E-state index in [0.29, 0.717) is 0 Å². The fourth-order valence-electron chi connectivity index (χ4n) is 1.26. The van der Waals surface area contributed by atoms with Gasteiger partial charge in [-0.3, -0.25) is 0 Å². The molecule has 2 aromatic rings. The monoisotopic (exact) mass is 302 g/mol. The van der Waals surface area contributed by atoms with Crippen molar-refractivity contribution in [1.82, 2.24) is 9.78 Å². The van der Waals surface area contributed by atoms with E-state index in [4.69, 9.17) is 5.11 Å². The van der Waals surface area contributed by atoms with Crippen molar-refractivity contribution < 1.29 is 18.7 Å². The minimum absolute atomic E-state index is 0.199. The number of hydrogen-bond donors (Lipinski definition) is 1. The molecule has 2 rings (SSSR count). The largest absolute Gasteiger partial charge is 0.476 e. The van der Waals surface area contributed by atoms with Crippen LogP contribution >= 0.6 is 15.9 Å². The molecule has 0 bridgehead atoms. The Labute approximate surface area is 103 Å². The second kappa shape index (κ2) is 4.25. The Kier molecular flexibility index (Phi) is 2.93. The Morgan fingerprint density at radius 1 is 1.35 bits per heavy atom. The minimum Gasteiger partial charge on any atom is -0.476 e. The Bertz CT molecular complexity index is 598. The summed E-state index contributed by atoms with van der Waals surface area (Å²) in [7, 11) is 0. The Hall–Kier alpha value is -1.76. The van der Waals surface area contributed by atoms with Gasteiger partial charge in [-0.25, -0.2) is 18.3 Å². The van der Waals surface area contributed by atoms with Crippen LogP contribution in [0.2, 0.25) is 0 Å². The van der Waals surface area contributed by atoms with E-state index in [1.54, 1.807) is 0 Å². The lowest BCUT2D eigenvalue weighted by Gasteiger charge is -2.01. The molecule has 0 saturated heterocycles. The van der Waals surface area contributed by atoms with Gasteiger partial charge in [0, 0.05) is 12.3 Å². The highest BCUT2D eigenvalue weighted by atomic mass is 79.9. The number of carboxylic acid groups (broad SMARTS) is 1. The fourth-order valence-corrected chi connectivity index (χ4v) is 1.70. The number of aromatic carboxylic acids is 1. The first kappa shape index (κ1) is 11.7. The third-order valence-electron chi connectivity index (χ3n) is 2.04. The van der Waals surface area contributed by atoms with Crippen LogP contribution in [0, 0.1) is 11.6 Å². The van der Waals surface area contributed by atoms with Crippen molar-refractivity contribution in [3.63, 3.8) is 0 Å². The number of rotatable bonds is 2. The van der Waals surface area contributed by atoms with E-state index >= 15 is 0 Å². The molecule has 0 spiro atoms. The Morgan fingerprint density at radius 2 is 2.06 bits per heavy atom. The molecule has 1 aromatic heterocycles. The molecule has 7 heteroatoms. The summed E-state index contributed by atoms with van der Waals surface area (Å²) in [5, 5.41) is 12.5. The SMILES string of the molecule is O=C(O)c1nn(-c2ccc(F)c(F)c2)cc1Br. The van der Waals surface area contributed by atoms with E-state index < -0.39 is 17.6 Å². The van der Waals surface area contributed by atoms with Gasteiger partial charge in [-0.05, 0) is 28.1 Å². The van der Waals surface area contributed by atoms with Crippen molar-refractivity contribution in [2.45, 2.75) is 0 Å². The molecule has 4 nitrogen and oxygen atoms in total. The van der Waals surface area contributed by atoms with Gasteiger partial charge in [0.05, 0.1) is 10.2 Å². The molecule has 0 amide bonds. The zero-order valence-electron chi connectivity index (χ0n) is 8.19. The molecule has 17 heavy (non-hydrogen) atoms. The van der Waals surface area contributed by atoms with Gasteiger partial charge in [0.15, 0.2) is 17.3 Å². The second-order valence-corrected chi connectivity index (χ2v) is 4.03. The Balaban J connectivity index is 2.50. The quantitative estimate of drug-likeness (QED) is 0.928. The fraction of sp³-hybridized carbons (Fsp3) is 0. The van der Waals surface area contributed by atoms with E-state index in [0.717, 1.165) is 16.8 Å². The molecule has 0 atom stereocenters. The lowest BCUT2D eigenvalue weighted by molar-refractivity contribution is 0.0689. The smallest absolute Gasteiger partial charge is 0.357 e. The van der Waals surface area contributed by atoms with Crippen LogP contribution in [0.15, 0.2) is 28.9 Å². The van der Waals surface area contributed by atoms with Crippen LogP contribution in [0.1, 0.15) is 10.5 Å². The Morgan fingerprint density at radius 3 is 2.59 bits per heavy atom. The normalized spacial score (nSPS) is 10.5. The molecular formula is C10H5BrF2N2O2. The van der Waals surface area contributed by atoms with Crippen molar-refractivity contribution in [2.75, 3.05) is 0 Å². The molecule has 1 aromatic carbocycles. The van der Waals surface area contributed by atoms with E-state index in [1.165, 1.54) is 12.3 Å². The van der Waals surface area contributed by atoms with Crippen LogP contribution < -0.4 is 0 Å². The van der Waals surface area contributed by atoms with Crippen LogP contribution in [-0.2, 0) is 0 Å². The number of nitrogens with zero attached hydrogens (tertiary/aromatic N) is 2. The summed E-state index contributed by atoms with van der Waals surface area (Å²) in [6, 6.07) is 3.17. The third kappa shape index (κ3) is 2.19. The summed E-state index contributed by atoms with van der Waals surface area (Å²) >= 11 is 3.02. The van der Waals surface area contributed by atoms with Gasteiger partial charge in [-0.15, -0.1) is 0 Å². The van der Waals surface area contributed by atoms with Crippen molar-refractivity contribution in [3.05, 3.63) is 46.2 Å². The maximum Gasteiger partial charge on any atom is 0.357 e. The van der Waals surface area contributed by atoms with Crippen molar-refractivity contribution >= 4 is 21.9 Å². The first-order valence-electron chi connectivity index (χ1n) is 4.43. The molecule has 0 aliphatic heterocycles. The topological polar surface area (TPSA) is 55.1 Å². The summed E-state index contributed by atoms with van der Waals surface area (Å²) in [6.45, 7) is 0. The predicted molar refractivity (Wildman–Crippen MR) is 58.1 cm³/mol. The van der Waals surface area contributed by atoms with Gasteiger partial charge >= 0.3 is 5.97 Å². The van der Waals surface area contributed by atoms with Gasteiger partial charge in [0.2, 0.25) is 0 Å². The molecule has 88 valence electrons. The predicted octanol–water partition coefficient (Wildman–Crippen LogP) is 2.61. The molecule has 0 aliphatic rings. The molecule has 1 heterocycles. The van der Waals surface area contributed by atoms with Crippen molar-refractivity contribution in [1.29, 1.82) is 0 Å². The number of hydrogen-bond acceptors (Lipinski definition) is 2. The van der Waals surface area contributed by atoms with Crippen LogP contribution in [-0.4, -0.2) is 20.9 Å². The van der Waals surface area contributed by atoms with Gasteiger partial charge in [-0.2, -0.15) is 5.10 Å². The van der Waals surface area contributed by atoms with Gasteiger partial charge in [0.25, 0.3) is 0 Å². The summed E-state index contributed by atoms with van der Waals surface area (Å²) in [5.74, 6) is -3.21. The van der Waals surface area contributed by atoms with E-state index in [9.17, 15) is 13.6 Å². The maximum atomic E-state index is 13.0. The number of benzene rings is 1. The molecule has 0 aliphatic carbocycles. The highest BCUT2D eigenvalue weighted by Crippen LogP contribution is 2.19. The number of halogens is 3. The molecule has 0 unspecified atom stereocenters. The second-order valence-electron chi connectivity index (χ2n) is 3.17. The third-order valence-corrected chi connectivity index (χ3v) is 2.62. The van der Waals surface area contributed by atoms with Gasteiger partial charge < -0.3 is 5.11 Å². The summed E-state index contributed by atoms with van der Waals surface area (Å²) in [5.41, 5.74) is 0.0341. The van der Waals surface area contributed by atoms with E-state index in [2.05, 4.69) is 21.0 Å². The van der Waals surface area contributed by atoms with Crippen molar-refractivity contribution in [2.24, 2.45) is 0 Å². The first-order valence-corrected chi connectivity index (χ1v) is 5.22. The average Bonchev–Trinajstić information content (AvgIpc) is 2.64. The molecular weight excluding hydrogens is 298 g/mol. The van der Waals surface area contributed by atoms with Crippen molar-refractivity contribution in [3.8, 4) is 5.69 Å². The molecule has 0 saturated carbocycles. The van der Waals surface area contributed by atoms with Gasteiger partial charge in [-0.1, -0.05) is 0 Å². The summed E-state index contributed by atoms with van der Waals surface area (Å²) in [4.78, 5) is 10.7. The van der Waals surface area contributed by atoms with E-state index in [-0.39, 0.29) is 15.9 Å². The lowest BCUT2D eigenvalue weighted by atomic mass is 10.3. The highest BCUT2D eigenvalue weighted by molar-refractivity contribution is 9.10. The number of carboxylic acids is 1. The van der Waals surface area contributed by atoms with Crippen LogP contribution in [0.4, 0.5) is 8.78 Å². The van der Waals surface area contributed by atoms with Crippen LogP contribution in [0.5, 0.6) is 0 Å². The average molecular weight is 303 g/mol. The maximum absolute atomic E-state index is 13.0. The van der Waals surface area contributed by atoms with E-state index in [1.807, 2.05) is 0 Å².